The van der Waals surface area contributed by atoms with E-state index < -0.39 is 5.97 Å². The molecule has 1 aromatic carbocycles. The van der Waals surface area contributed by atoms with E-state index in [1.165, 1.54) is 0 Å². The van der Waals surface area contributed by atoms with Crippen molar-refractivity contribution in [3.05, 3.63) is 35.4 Å². The van der Waals surface area contributed by atoms with Gasteiger partial charge in [-0.3, -0.25) is 9.91 Å². The summed E-state index contributed by atoms with van der Waals surface area (Å²) in [7, 11) is 0. The zero-order chi connectivity index (χ0) is 23.2. The van der Waals surface area contributed by atoms with E-state index in [0.29, 0.717) is 0 Å². The number of hydrogen-bond donors (Lipinski definition) is 1. The van der Waals surface area contributed by atoms with Gasteiger partial charge in [-0.15, -0.1) is 0 Å². The summed E-state index contributed by atoms with van der Waals surface area (Å²) < 4.78 is 11.2. The van der Waals surface area contributed by atoms with Gasteiger partial charge >= 0.3 is 5.97 Å². The predicted molar refractivity (Wildman–Crippen MR) is 125 cm³/mol. The average molecular weight is 459 g/mol. The lowest BCUT2D eigenvalue weighted by Crippen LogP contribution is -2.42. The molecule has 9 heteroatoms. The van der Waals surface area contributed by atoms with Crippen LogP contribution >= 0.6 is 0 Å². The Morgan fingerprint density at radius 3 is 2.58 bits per heavy atom. The van der Waals surface area contributed by atoms with Crippen molar-refractivity contribution in [1.29, 1.82) is 0 Å². The van der Waals surface area contributed by atoms with E-state index in [9.17, 15) is 4.79 Å². The van der Waals surface area contributed by atoms with Gasteiger partial charge in [0.1, 0.15) is 12.7 Å². The van der Waals surface area contributed by atoms with Crippen molar-refractivity contribution < 1.29 is 24.2 Å². The van der Waals surface area contributed by atoms with E-state index in [-0.39, 0.29) is 31.0 Å². The van der Waals surface area contributed by atoms with Crippen LogP contribution in [-0.4, -0.2) is 96.7 Å². The molecule has 3 heterocycles. The van der Waals surface area contributed by atoms with Crippen molar-refractivity contribution in [2.45, 2.75) is 57.5 Å². The Balaban J connectivity index is 1.21. The number of carbonyl (C=O) groups is 1. The van der Waals surface area contributed by atoms with Crippen molar-refractivity contribution in [2.75, 3.05) is 39.3 Å². The molecule has 0 aliphatic carbocycles. The Morgan fingerprint density at radius 1 is 1.21 bits per heavy atom. The third-order valence-electron chi connectivity index (χ3n) is 6.19. The third-order valence-corrected chi connectivity index (χ3v) is 6.19. The van der Waals surface area contributed by atoms with Gasteiger partial charge in [0.2, 0.25) is 0 Å². The molecule has 0 amide bonds. The second-order valence-corrected chi connectivity index (χ2v) is 9.17. The topological polar surface area (TPSA) is 96.2 Å². The van der Waals surface area contributed by atoms with Crippen LogP contribution in [0.2, 0.25) is 0 Å². The molecule has 9 nitrogen and oxygen atoms in total. The molecule has 180 valence electrons. The first-order chi connectivity index (χ1) is 15.9. The zero-order valence-electron chi connectivity index (χ0n) is 19.4. The van der Waals surface area contributed by atoms with Crippen LogP contribution in [0.25, 0.3) is 0 Å². The van der Waals surface area contributed by atoms with Crippen LogP contribution in [0.4, 0.5) is 0 Å². The Labute approximate surface area is 195 Å². The molecule has 3 unspecified atom stereocenters. The first-order valence-electron chi connectivity index (χ1n) is 11.8. The largest absolute Gasteiger partial charge is 0.480 e. The van der Waals surface area contributed by atoms with Gasteiger partial charge in [0, 0.05) is 26.1 Å². The fourth-order valence-corrected chi connectivity index (χ4v) is 4.59. The fourth-order valence-electron chi connectivity index (χ4n) is 4.59. The molecule has 3 aliphatic heterocycles. The highest BCUT2D eigenvalue weighted by atomic mass is 16.6. The standard InChI is InChI=1S/C24H34N4O5/c1-17-13-28(14-18(2)32-17)25-12-19-3-5-20(6-4-19)23-11-22(33-26-23)15-27-9-7-21(8-10-27)31-16-24(29)30/h3-6,12,17-18,21-22H,7-11,13-16H2,1-2H3,(H,29,30). The number of morpholine rings is 1. The van der Waals surface area contributed by atoms with Crippen molar-refractivity contribution in [3.8, 4) is 0 Å². The molecule has 0 aromatic heterocycles. The molecule has 0 spiro atoms. The minimum Gasteiger partial charge on any atom is -0.480 e. The average Bonchev–Trinajstić information content (AvgIpc) is 3.25. The molecule has 2 fully saturated rings. The summed E-state index contributed by atoms with van der Waals surface area (Å²) >= 11 is 0. The van der Waals surface area contributed by atoms with Gasteiger partial charge in [0.05, 0.1) is 43.3 Å². The Morgan fingerprint density at radius 2 is 1.91 bits per heavy atom. The predicted octanol–water partition coefficient (Wildman–Crippen LogP) is 2.19. The summed E-state index contributed by atoms with van der Waals surface area (Å²) in [5.41, 5.74) is 3.10. The molecule has 33 heavy (non-hydrogen) atoms. The molecular weight excluding hydrogens is 424 g/mol. The maximum Gasteiger partial charge on any atom is 0.329 e. The van der Waals surface area contributed by atoms with Crippen molar-refractivity contribution in [1.82, 2.24) is 9.91 Å². The normalized spacial score (nSPS) is 27.0. The number of ether oxygens (including phenoxy) is 2. The number of rotatable bonds is 8. The molecule has 3 atom stereocenters. The van der Waals surface area contributed by atoms with Gasteiger partial charge < -0.3 is 19.4 Å². The Kier molecular flexibility index (Phi) is 7.95. The first kappa shape index (κ1) is 23.7. The second kappa shape index (κ2) is 11.1. The summed E-state index contributed by atoms with van der Waals surface area (Å²) in [6, 6.07) is 8.26. The molecule has 0 radical (unpaired) electrons. The Hall–Kier alpha value is -2.49. The number of carboxylic acid groups (broad SMARTS) is 1. The second-order valence-electron chi connectivity index (χ2n) is 9.17. The van der Waals surface area contributed by atoms with Crippen LogP contribution in [0.3, 0.4) is 0 Å². The number of nitrogens with zero attached hydrogens (tertiary/aromatic N) is 4. The summed E-state index contributed by atoms with van der Waals surface area (Å²) in [5.74, 6) is -0.914. The molecule has 2 saturated heterocycles. The van der Waals surface area contributed by atoms with Crippen molar-refractivity contribution in [3.63, 3.8) is 0 Å². The monoisotopic (exact) mass is 458 g/mol. The lowest BCUT2D eigenvalue weighted by molar-refractivity contribution is -0.145. The van der Waals surface area contributed by atoms with Gasteiger partial charge in [-0.2, -0.15) is 5.10 Å². The molecule has 4 rings (SSSR count). The van der Waals surface area contributed by atoms with E-state index in [4.69, 9.17) is 19.4 Å². The highest BCUT2D eigenvalue weighted by molar-refractivity contribution is 6.01. The summed E-state index contributed by atoms with van der Waals surface area (Å²) in [6.07, 6.45) is 4.84. The van der Waals surface area contributed by atoms with E-state index in [2.05, 4.69) is 58.3 Å². The number of carboxylic acids is 1. The number of aliphatic carboxylic acids is 1. The van der Waals surface area contributed by atoms with Crippen LogP contribution in [0.5, 0.6) is 0 Å². The molecule has 3 aliphatic rings. The van der Waals surface area contributed by atoms with Gasteiger partial charge in [0.25, 0.3) is 0 Å². The van der Waals surface area contributed by atoms with Crippen LogP contribution in [0, 0.1) is 0 Å². The number of oxime groups is 1. The molecule has 1 N–H and O–H groups in total. The number of likely N-dealkylation sites (tertiary alicyclic amines) is 1. The van der Waals surface area contributed by atoms with E-state index >= 15 is 0 Å². The van der Waals surface area contributed by atoms with Crippen molar-refractivity contribution in [2.24, 2.45) is 10.3 Å². The zero-order valence-corrected chi connectivity index (χ0v) is 19.4. The molecule has 0 bridgehead atoms. The van der Waals surface area contributed by atoms with E-state index in [1.54, 1.807) is 0 Å². The minimum absolute atomic E-state index is 0.0331. The number of benzene rings is 1. The van der Waals surface area contributed by atoms with Gasteiger partial charge in [0.15, 0.2) is 0 Å². The third kappa shape index (κ3) is 6.99. The molecular formula is C24H34N4O5. The Bertz CT molecular complexity index is 841. The van der Waals surface area contributed by atoms with E-state index in [1.807, 2.05) is 6.21 Å². The SMILES string of the molecule is CC1CN(N=Cc2ccc(C3=NOC(CN4CCC(OCC(=O)O)CC4)C3)cc2)CC(C)O1. The lowest BCUT2D eigenvalue weighted by Gasteiger charge is -2.33. The summed E-state index contributed by atoms with van der Waals surface area (Å²) in [4.78, 5) is 18.7. The van der Waals surface area contributed by atoms with Crippen molar-refractivity contribution >= 4 is 17.9 Å². The molecule has 0 saturated carbocycles. The number of hydrazone groups is 1. The maximum atomic E-state index is 10.6. The number of hydrogen-bond acceptors (Lipinski definition) is 8. The maximum absolute atomic E-state index is 10.6. The van der Waals surface area contributed by atoms with Gasteiger partial charge in [-0.1, -0.05) is 29.4 Å². The van der Waals surface area contributed by atoms with E-state index in [0.717, 1.165) is 68.8 Å². The highest BCUT2D eigenvalue weighted by Crippen LogP contribution is 2.21. The van der Waals surface area contributed by atoms with Crippen LogP contribution in [0.15, 0.2) is 34.5 Å². The quantitative estimate of drug-likeness (QED) is 0.597. The van der Waals surface area contributed by atoms with Gasteiger partial charge in [-0.25, -0.2) is 4.79 Å². The highest BCUT2D eigenvalue weighted by Gasteiger charge is 2.27. The first-order valence-corrected chi connectivity index (χ1v) is 11.8. The lowest BCUT2D eigenvalue weighted by atomic mass is 10.0. The summed E-state index contributed by atoms with van der Waals surface area (Å²) in [5, 5.41) is 19.7. The minimum atomic E-state index is -0.914. The van der Waals surface area contributed by atoms with Gasteiger partial charge in [-0.05, 0) is 37.8 Å². The summed E-state index contributed by atoms with van der Waals surface area (Å²) in [6.45, 7) is 8.13. The molecule has 1 aromatic rings. The van der Waals surface area contributed by atoms with Crippen LogP contribution in [0.1, 0.15) is 44.2 Å². The van der Waals surface area contributed by atoms with Crippen LogP contribution in [-0.2, 0) is 19.1 Å². The number of piperidine rings is 1. The van der Waals surface area contributed by atoms with Crippen LogP contribution < -0.4 is 0 Å². The smallest absolute Gasteiger partial charge is 0.329 e. The fraction of sp³-hybridized carbons (Fsp3) is 0.625.